The van der Waals surface area contributed by atoms with Crippen molar-refractivity contribution in [2.24, 2.45) is 0 Å². The quantitative estimate of drug-likeness (QED) is 0.483. The molecule has 2 rings (SSSR count). The molecule has 2 amide bonds. The number of nitro groups is 1. The van der Waals surface area contributed by atoms with Crippen LogP contribution in [0.2, 0.25) is 5.15 Å². The van der Waals surface area contributed by atoms with Crippen molar-refractivity contribution in [1.82, 2.24) is 15.6 Å². The van der Waals surface area contributed by atoms with Gasteiger partial charge in [-0.15, -0.1) is 0 Å². The number of pyridine rings is 1. The van der Waals surface area contributed by atoms with Gasteiger partial charge in [0.15, 0.2) is 0 Å². The van der Waals surface area contributed by atoms with Crippen LogP contribution in [0.4, 0.5) is 5.69 Å². The molecule has 1 saturated heterocycles. The van der Waals surface area contributed by atoms with Crippen LogP contribution in [0.25, 0.3) is 0 Å². The minimum Gasteiger partial charge on any atom is -0.354 e. The number of halogens is 1. The van der Waals surface area contributed by atoms with Crippen molar-refractivity contribution in [3.63, 3.8) is 0 Å². The maximum atomic E-state index is 12.0. The molecule has 20 heavy (non-hydrogen) atoms. The second-order valence-corrected chi connectivity index (χ2v) is 4.66. The summed E-state index contributed by atoms with van der Waals surface area (Å²) in [6.07, 6.45) is 1.82. The van der Waals surface area contributed by atoms with Crippen LogP contribution < -0.4 is 10.6 Å². The summed E-state index contributed by atoms with van der Waals surface area (Å²) >= 11 is 5.77. The minimum absolute atomic E-state index is 0.0576. The molecular formula is C11H11ClN4O4. The van der Waals surface area contributed by atoms with Crippen molar-refractivity contribution in [3.8, 4) is 0 Å². The molecule has 0 radical (unpaired) electrons. The number of hydrogen-bond acceptors (Lipinski definition) is 5. The lowest BCUT2D eigenvalue weighted by atomic mass is 10.1. The summed E-state index contributed by atoms with van der Waals surface area (Å²) in [4.78, 5) is 36.7. The van der Waals surface area contributed by atoms with Crippen molar-refractivity contribution < 1.29 is 14.5 Å². The number of piperidine rings is 1. The van der Waals surface area contributed by atoms with E-state index in [1.54, 1.807) is 0 Å². The van der Waals surface area contributed by atoms with Gasteiger partial charge < -0.3 is 10.6 Å². The van der Waals surface area contributed by atoms with Crippen molar-refractivity contribution in [3.05, 3.63) is 33.1 Å². The van der Waals surface area contributed by atoms with Crippen LogP contribution in [0.15, 0.2) is 12.3 Å². The summed E-state index contributed by atoms with van der Waals surface area (Å²) in [5, 5.41) is 15.8. The molecular weight excluding hydrogens is 288 g/mol. The summed E-state index contributed by atoms with van der Waals surface area (Å²) in [5.74, 6) is -0.613. The van der Waals surface area contributed by atoms with E-state index in [2.05, 4.69) is 15.6 Å². The van der Waals surface area contributed by atoms with Gasteiger partial charge in [0.1, 0.15) is 11.3 Å². The Kier molecular flexibility index (Phi) is 4.14. The maximum Gasteiger partial charge on any atom is 0.288 e. The highest BCUT2D eigenvalue weighted by atomic mass is 35.5. The fraction of sp³-hybridized carbons (Fsp3) is 0.364. The standard InChI is InChI=1S/C11H11ClN4O4/c12-10-8(3-7(5-14-10)16(19)20)11(18)15-6-1-2-9(17)13-4-6/h3,5-6H,1-2,4H2,(H,13,17)(H,15,18). The third-order valence-corrected chi connectivity index (χ3v) is 3.18. The number of carbonyl (C=O) groups excluding carboxylic acids is 2. The van der Waals surface area contributed by atoms with Gasteiger partial charge in [-0.05, 0) is 6.42 Å². The molecule has 1 atom stereocenters. The first kappa shape index (κ1) is 14.2. The van der Waals surface area contributed by atoms with E-state index in [0.717, 1.165) is 12.3 Å². The molecule has 1 aromatic heterocycles. The zero-order valence-corrected chi connectivity index (χ0v) is 11.0. The molecule has 9 heteroatoms. The average Bonchev–Trinajstić information content (AvgIpc) is 2.41. The zero-order chi connectivity index (χ0) is 14.7. The maximum absolute atomic E-state index is 12.0. The lowest BCUT2D eigenvalue weighted by Gasteiger charge is -2.23. The summed E-state index contributed by atoms with van der Waals surface area (Å²) in [6, 6.07) is 0.849. The first-order chi connectivity index (χ1) is 9.47. The highest BCUT2D eigenvalue weighted by molar-refractivity contribution is 6.32. The van der Waals surface area contributed by atoms with Gasteiger partial charge in [0.25, 0.3) is 11.6 Å². The van der Waals surface area contributed by atoms with Gasteiger partial charge in [0.05, 0.1) is 10.5 Å². The third-order valence-electron chi connectivity index (χ3n) is 2.88. The highest BCUT2D eigenvalue weighted by Crippen LogP contribution is 2.19. The summed E-state index contributed by atoms with van der Waals surface area (Å²) in [6.45, 7) is 0.324. The van der Waals surface area contributed by atoms with Crippen molar-refractivity contribution in [2.75, 3.05) is 6.54 Å². The smallest absolute Gasteiger partial charge is 0.288 e. The topological polar surface area (TPSA) is 114 Å². The number of carbonyl (C=O) groups is 2. The number of aromatic nitrogens is 1. The Morgan fingerprint density at radius 2 is 2.35 bits per heavy atom. The second kappa shape index (κ2) is 5.83. The molecule has 2 N–H and O–H groups in total. The Bertz CT molecular complexity index is 568. The summed E-state index contributed by atoms with van der Waals surface area (Å²) < 4.78 is 0. The molecule has 0 spiro atoms. The summed E-state index contributed by atoms with van der Waals surface area (Å²) in [7, 11) is 0. The largest absolute Gasteiger partial charge is 0.354 e. The van der Waals surface area contributed by atoms with Gasteiger partial charge in [0, 0.05) is 25.1 Å². The van der Waals surface area contributed by atoms with Crippen LogP contribution in [0, 0.1) is 10.1 Å². The van der Waals surface area contributed by atoms with E-state index < -0.39 is 10.8 Å². The van der Waals surface area contributed by atoms with Crippen LogP contribution in [0.1, 0.15) is 23.2 Å². The highest BCUT2D eigenvalue weighted by Gasteiger charge is 2.23. The second-order valence-electron chi connectivity index (χ2n) is 4.30. The lowest BCUT2D eigenvalue weighted by Crippen LogP contribution is -2.47. The Hall–Kier alpha value is -2.22. The predicted molar refractivity (Wildman–Crippen MR) is 69.4 cm³/mol. The normalized spacial score (nSPS) is 18.2. The van der Waals surface area contributed by atoms with Crippen LogP contribution in [0.3, 0.4) is 0 Å². The molecule has 1 aliphatic heterocycles. The van der Waals surface area contributed by atoms with E-state index in [9.17, 15) is 19.7 Å². The Morgan fingerprint density at radius 3 is 2.95 bits per heavy atom. The number of nitrogens with one attached hydrogen (secondary N) is 2. The van der Waals surface area contributed by atoms with E-state index in [-0.39, 0.29) is 28.4 Å². The van der Waals surface area contributed by atoms with E-state index >= 15 is 0 Å². The van der Waals surface area contributed by atoms with E-state index in [0.29, 0.717) is 19.4 Å². The predicted octanol–water partition coefficient (Wildman–Crippen LogP) is 0.652. The minimum atomic E-state index is -0.652. The molecule has 1 aliphatic rings. The number of amides is 2. The third kappa shape index (κ3) is 3.21. The molecule has 0 aliphatic carbocycles. The Balaban J connectivity index is 2.10. The van der Waals surface area contributed by atoms with Crippen LogP contribution >= 0.6 is 11.6 Å². The van der Waals surface area contributed by atoms with Gasteiger partial charge >= 0.3 is 0 Å². The molecule has 1 aromatic rings. The van der Waals surface area contributed by atoms with E-state index in [1.807, 2.05) is 0 Å². The van der Waals surface area contributed by atoms with E-state index in [1.165, 1.54) is 0 Å². The van der Waals surface area contributed by atoms with Crippen LogP contribution in [-0.4, -0.2) is 34.3 Å². The van der Waals surface area contributed by atoms with Crippen molar-refractivity contribution in [2.45, 2.75) is 18.9 Å². The molecule has 1 unspecified atom stereocenters. The fourth-order valence-electron chi connectivity index (χ4n) is 1.82. The number of hydrogen-bond donors (Lipinski definition) is 2. The molecule has 1 fully saturated rings. The Labute approximate surface area is 118 Å². The number of nitrogens with zero attached hydrogens (tertiary/aromatic N) is 2. The van der Waals surface area contributed by atoms with Gasteiger partial charge in [-0.2, -0.15) is 0 Å². The number of rotatable bonds is 3. The molecule has 0 aromatic carbocycles. The van der Waals surface area contributed by atoms with Gasteiger partial charge in [-0.25, -0.2) is 4.98 Å². The average molecular weight is 299 g/mol. The van der Waals surface area contributed by atoms with Gasteiger partial charge in [-0.1, -0.05) is 11.6 Å². The Morgan fingerprint density at radius 1 is 1.60 bits per heavy atom. The molecule has 2 heterocycles. The first-order valence-electron chi connectivity index (χ1n) is 5.85. The van der Waals surface area contributed by atoms with Crippen molar-refractivity contribution in [1.29, 1.82) is 0 Å². The molecule has 8 nitrogen and oxygen atoms in total. The molecule has 0 bridgehead atoms. The monoisotopic (exact) mass is 298 g/mol. The van der Waals surface area contributed by atoms with Crippen LogP contribution in [-0.2, 0) is 4.79 Å². The van der Waals surface area contributed by atoms with Crippen LogP contribution in [0.5, 0.6) is 0 Å². The van der Waals surface area contributed by atoms with E-state index in [4.69, 9.17) is 11.6 Å². The first-order valence-corrected chi connectivity index (χ1v) is 6.22. The van der Waals surface area contributed by atoms with Crippen molar-refractivity contribution >= 4 is 29.1 Å². The fourth-order valence-corrected chi connectivity index (χ4v) is 2.00. The van der Waals surface area contributed by atoms with Gasteiger partial charge in [-0.3, -0.25) is 19.7 Å². The SMILES string of the molecule is O=C1CCC(NC(=O)c2cc([N+](=O)[O-])cnc2Cl)CN1. The summed E-state index contributed by atoms with van der Waals surface area (Å²) in [5.41, 5.74) is -0.366. The lowest BCUT2D eigenvalue weighted by molar-refractivity contribution is -0.385. The zero-order valence-electron chi connectivity index (χ0n) is 10.3. The molecule has 106 valence electrons. The van der Waals surface area contributed by atoms with Gasteiger partial charge in [0.2, 0.25) is 5.91 Å². The molecule has 0 saturated carbocycles.